The van der Waals surface area contributed by atoms with Crippen LogP contribution in [0.3, 0.4) is 0 Å². The predicted octanol–water partition coefficient (Wildman–Crippen LogP) is 3.70. The minimum absolute atomic E-state index is 0.0914. The Morgan fingerprint density at radius 2 is 1.96 bits per heavy atom. The lowest BCUT2D eigenvalue weighted by Gasteiger charge is -2.34. The molecule has 1 aliphatic rings. The van der Waals surface area contributed by atoms with Crippen LogP contribution in [0, 0.1) is 13.8 Å². The van der Waals surface area contributed by atoms with Gasteiger partial charge in [0.1, 0.15) is 0 Å². The fourth-order valence-corrected chi connectivity index (χ4v) is 3.46. The van der Waals surface area contributed by atoms with Crippen LogP contribution in [-0.2, 0) is 6.54 Å². The first kappa shape index (κ1) is 17.7. The molecule has 132 valence electrons. The standard InChI is InChI=1S/C19H23ClN4O/c1-14-11-15(2)18(17(20)12-14)22-19(25)24-9-7-23(8-10-24)13-16-5-3-4-6-21-16/h3-6,11-12H,7-10,13H2,1-2H3,(H,22,25). The lowest BCUT2D eigenvalue weighted by atomic mass is 10.1. The lowest BCUT2D eigenvalue weighted by molar-refractivity contribution is 0.142. The summed E-state index contributed by atoms with van der Waals surface area (Å²) in [4.78, 5) is 21.1. The molecule has 1 aliphatic heterocycles. The molecule has 1 aromatic heterocycles. The fourth-order valence-electron chi connectivity index (χ4n) is 3.09. The quantitative estimate of drug-likeness (QED) is 0.910. The van der Waals surface area contributed by atoms with Gasteiger partial charge in [-0.05, 0) is 43.2 Å². The Hall–Kier alpha value is -2.11. The number of nitrogens with one attached hydrogen (secondary N) is 1. The highest BCUT2D eigenvalue weighted by atomic mass is 35.5. The number of nitrogens with zero attached hydrogens (tertiary/aromatic N) is 3. The monoisotopic (exact) mass is 358 g/mol. The summed E-state index contributed by atoms with van der Waals surface area (Å²) < 4.78 is 0. The van der Waals surface area contributed by atoms with Gasteiger partial charge in [0.15, 0.2) is 0 Å². The van der Waals surface area contributed by atoms with E-state index in [0.29, 0.717) is 23.8 Å². The number of aryl methyl sites for hydroxylation is 2. The molecule has 0 saturated carbocycles. The Labute approximate surface area is 153 Å². The molecular formula is C19H23ClN4O. The van der Waals surface area contributed by atoms with Crippen molar-refractivity contribution in [3.8, 4) is 0 Å². The summed E-state index contributed by atoms with van der Waals surface area (Å²) in [6.07, 6.45) is 1.81. The van der Waals surface area contributed by atoms with Crippen molar-refractivity contribution in [3.05, 3.63) is 58.4 Å². The maximum absolute atomic E-state index is 12.5. The summed E-state index contributed by atoms with van der Waals surface area (Å²) >= 11 is 6.28. The van der Waals surface area contributed by atoms with Gasteiger partial charge in [-0.25, -0.2) is 4.79 Å². The highest BCUT2D eigenvalue weighted by molar-refractivity contribution is 6.34. The van der Waals surface area contributed by atoms with Gasteiger partial charge < -0.3 is 10.2 Å². The molecule has 0 unspecified atom stereocenters. The van der Waals surface area contributed by atoms with Crippen molar-refractivity contribution in [1.29, 1.82) is 0 Å². The van der Waals surface area contributed by atoms with Crippen LogP contribution in [0.5, 0.6) is 0 Å². The molecule has 2 heterocycles. The summed E-state index contributed by atoms with van der Waals surface area (Å²) in [5, 5.41) is 3.55. The van der Waals surface area contributed by atoms with Crippen LogP contribution >= 0.6 is 11.6 Å². The Kier molecular flexibility index (Phi) is 5.56. The zero-order chi connectivity index (χ0) is 17.8. The number of urea groups is 1. The molecule has 2 aromatic rings. The first-order valence-corrected chi connectivity index (χ1v) is 8.85. The van der Waals surface area contributed by atoms with Crippen LogP contribution in [0.1, 0.15) is 16.8 Å². The van der Waals surface area contributed by atoms with Gasteiger partial charge in [-0.2, -0.15) is 0 Å². The maximum Gasteiger partial charge on any atom is 0.321 e. The van der Waals surface area contributed by atoms with Gasteiger partial charge in [0, 0.05) is 38.9 Å². The number of carbonyl (C=O) groups excluding carboxylic acids is 1. The van der Waals surface area contributed by atoms with Gasteiger partial charge in [-0.3, -0.25) is 9.88 Å². The number of amides is 2. The van der Waals surface area contributed by atoms with E-state index in [9.17, 15) is 4.79 Å². The van der Waals surface area contributed by atoms with Crippen molar-refractivity contribution >= 4 is 23.3 Å². The molecule has 2 amide bonds. The smallest absolute Gasteiger partial charge is 0.321 e. The van der Waals surface area contributed by atoms with Crippen LogP contribution in [0.4, 0.5) is 10.5 Å². The molecule has 1 aromatic carbocycles. The molecule has 1 saturated heterocycles. The number of hydrogen-bond donors (Lipinski definition) is 1. The number of piperazine rings is 1. The Morgan fingerprint density at radius 1 is 1.20 bits per heavy atom. The molecule has 5 nitrogen and oxygen atoms in total. The fraction of sp³-hybridized carbons (Fsp3) is 0.368. The van der Waals surface area contributed by atoms with Crippen molar-refractivity contribution in [3.63, 3.8) is 0 Å². The van der Waals surface area contributed by atoms with Gasteiger partial charge in [0.05, 0.1) is 16.4 Å². The van der Waals surface area contributed by atoms with E-state index < -0.39 is 0 Å². The van der Waals surface area contributed by atoms with E-state index in [2.05, 4.69) is 15.2 Å². The van der Waals surface area contributed by atoms with Crippen LogP contribution in [0.2, 0.25) is 5.02 Å². The average Bonchev–Trinajstić information content (AvgIpc) is 2.59. The number of rotatable bonds is 3. The van der Waals surface area contributed by atoms with Gasteiger partial charge in [0.2, 0.25) is 0 Å². The van der Waals surface area contributed by atoms with Crippen molar-refractivity contribution < 1.29 is 4.79 Å². The lowest BCUT2D eigenvalue weighted by Crippen LogP contribution is -2.49. The SMILES string of the molecule is Cc1cc(C)c(NC(=O)N2CCN(Cc3ccccn3)CC2)c(Cl)c1. The highest BCUT2D eigenvalue weighted by Gasteiger charge is 2.22. The van der Waals surface area contributed by atoms with Crippen molar-refractivity contribution in [2.24, 2.45) is 0 Å². The predicted molar refractivity (Wildman–Crippen MR) is 101 cm³/mol. The number of halogens is 1. The van der Waals surface area contributed by atoms with E-state index in [1.54, 1.807) is 0 Å². The Morgan fingerprint density at radius 3 is 2.60 bits per heavy atom. The zero-order valence-electron chi connectivity index (χ0n) is 14.6. The molecular weight excluding hydrogens is 336 g/mol. The van der Waals surface area contributed by atoms with Crippen LogP contribution < -0.4 is 5.32 Å². The zero-order valence-corrected chi connectivity index (χ0v) is 15.4. The van der Waals surface area contributed by atoms with Gasteiger partial charge in [-0.15, -0.1) is 0 Å². The molecule has 25 heavy (non-hydrogen) atoms. The molecule has 1 N–H and O–H groups in total. The third-order valence-corrected chi connectivity index (χ3v) is 4.73. The topological polar surface area (TPSA) is 48.5 Å². The van der Waals surface area contributed by atoms with E-state index in [4.69, 9.17) is 11.6 Å². The Balaban J connectivity index is 1.55. The molecule has 1 fully saturated rings. The van der Waals surface area contributed by atoms with Gasteiger partial charge in [-0.1, -0.05) is 23.7 Å². The number of hydrogen-bond acceptors (Lipinski definition) is 3. The van der Waals surface area contributed by atoms with E-state index in [-0.39, 0.29) is 6.03 Å². The van der Waals surface area contributed by atoms with Crippen molar-refractivity contribution in [2.45, 2.75) is 20.4 Å². The second-order valence-electron chi connectivity index (χ2n) is 6.45. The van der Waals surface area contributed by atoms with E-state index in [0.717, 1.165) is 36.5 Å². The second kappa shape index (κ2) is 7.85. The Bertz CT molecular complexity index is 719. The summed E-state index contributed by atoms with van der Waals surface area (Å²) in [7, 11) is 0. The highest BCUT2D eigenvalue weighted by Crippen LogP contribution is 2.27. The molecule has 0 aliphatic carbocycles. The summed E-state index contributed by atoms with van der Waals surface area (Å²) in [5.41, 5.74) is 3.83. The number of anilines is 1. The van der Waals surface area contributed by atoms with Gasteiger partial charge >= 0.3 is 6.03 Å². The van der Waals surface area contributed by atoms with E-state index in [1.165, 1.54) is 0 Å². The minimum Gasteiger partial charge on any atom is -0.322 e. The molecule has 0 bridgehead atoms. The first-order valence-electron chi connectivity index (χ1n) is 8.48. The summed E-state index contributed by atoms with van der Waals surface area (Å²) in [5.74, 6) is 0. The maximum atomic E-state index is 12.5. The van der Waals surface area contributed by atoms with Crippen LogP contribution in [0.15, 0.2) is 36.5 Å². The minimum atomic E-state index is -0.0914. The third kappa shape index (κ3) is 4.50. The van der Waals surface area contributed by atoms with Crippen LogP contribution in [-0.4, -0.2) is 47.0 Å². The van der Waals surface area contributed by atoms with Crippen molar-refractivity contribution in [1.82, 2.24) is 14.8 Å². The summed E-state index contributed by atoms with van der Waals surface area (Å²) in [6, 6.07) is 9.75. The molecule has 0 atom stereocenters. The van der Waals surface area contributed by atoms with E-state index in [1.807, 2.05) is 55.3 Å². The largest absolute Gasteiger partial charge is 0.322 e. The number of carbonyl (C=O) groups is 1. The summed E-state index contributed by atoms with van der Waals surface area (Å²) in [6.45, 7) is 7.83. The molecule has 6 heteroatoms. The number of aromatic nitrogens is 1. The molecule has 0 radical (unpaired) electrons. The third-order valence-electron chi connectivity index (χ3n) is 4.43. The number of benzene rings is 1. The van der Waals surface area contributed by atoms with Crippen molar-refractivity contribution in [2.75, 3.05) is 31.5 Å². The number of pyridine rings is 1. The van der Waals surface area contributed by atoms with Gasteiger partial charge in [0.25, 0.3) is 0 Å². The second-order valence-corrected chi connectivity index (χ2v) is 6.86. The normalized spacial score (nSPS) is 15.2. The molecule has 0 spiro atoms. The average molecular weight is 359 g/mol. The molecule has 3 rings (SSSR count). The first-order chi connectivity index (χ1) is 12.0. The van der Waals surface area contributed by atoms with Crippen LogP contribution in [0.25, 0.3) is 0 Å². The van der Waals surface area contributed by atoms with E-state index >= 15 is 0 Å².